The van der Waals surface area contributed by atoms with Gasteiger partial charge in [-0.05, 0) is 42.3 Å². The van der Waals surface area contributed by atoms with Gasteiger partial charge in [-0.1, -0.05) is 29.8 Å². The fraction of sp³-hybridized carbons (Fsp3) is 0.188. The number of carboxylic acid groups (broad SMARTS) is 1. The van der Waals surface area contributed by atoms with Gasteiger partial charge in [-0.25, -0.2) is 9.18 Å². The molecule has 110 valence electrons. The molecule has 1 atom stereocenters. The van der Waals surface area contributed by atoms with Gasteiger partial charge in [0, 0.05) is 17.6 Å². The molecule has 0 radical (unpaired) electrons. The van der Waals surface area contributed by atoms with Gasteiger partial charge in [0.25, 0.3) is 0 Å². The molecule has 0 aliphatic rings. The molecule has 21 heavy (non-hydrogen) atoms. The van der Waals surface area contributed by atoms with Gasteiger partial charge in [0.05, 0.1) is 5.56 Å². The van der Waals surface area contributed by atoms with E-state index in [9.17, 15) is 9.18 Å². The van der Waals surface area contributed by atoms with E-state index in [1.807, 2.05) is 31.2 Å². The minimum absolute atomic E-state index is 0.0736. The Balaban J connectivity index is 2.01. The Hall–Kier alpha value is -1.91. The molecule has 0 saturated heterocycles. The summed E-state index contributed by atoms with van der Waals surface area (Å²) < 4.78 is 13.6. The van der Waals surface area contributed by atoms with Crippen molar-refractivity contribution in [3.63, 3.8) is 0 Å². The van der Waals surface area contributed by atoms with Gasteiger partial charge in [0.15, 0.2) is 0 Å². The van der Waals surface area contributed by atoms with Crippen LogP contribution in [0.3, 0.4) is 0 Å². The van der Waals surface area contributed by atoms with Crippen molar-refractivity contribution in [2.24, 2.45) is 0 Å². The summed E-state index contributed by atoms with van der Waals surface area (Å²) >= 11 is 5.84. The quantitative estimate of drug-likeness (QED) is 0.877. The number of hydrogen-bond donors (Lipinski definition) is 2. The maximum atomic E-state index is 13.6. The maximum absolute atomic E-state index is 13.6. The highest BCUT2D eigenvalue weighted by Gasteiger charge is 2.11. The smallest absolute Gasteiger partial charge is 0.338 e. The van der Waals surface area contributed by atoms with Gasteiger partial charge in [-0.3, -0.25) is 0 Å². The summed E-state index contributed by atoms with van der Waals surface area (Å²) in [6.07, 6.45) is 0. The Morgan fingerprint density at radius 2 is 1.95 bits per heavy atom. The predicted molar refractivity (Wildman–Crippen MR) is 80.1 cm³/mol. The molecule has 0 bridgehead atoms. The molecule has 2 N–H and O–H groups in total. The topological polar surface area (TPSA) is 49.3 Å². The molecule has 0 heterocycles. The fourth-order valence-corrected chi connectivity index (χ4v) is 2.11. The lowest BCUT2D eigenvalue weighted by Gasteiger charge is -2.14. The third-order valence-electron chi connectivity index (χ3n) is 3.25. The van der Waals surface area contributed by atoms with Gasteiger partial charge in [-0.15, -0.1) is 0 Å². The first-order valence-electron chi connectivity index (χ1n) is 6.48. The molecule has 0 aromatic heterocycles. The zero-order valence-electron chi connectivity index (χ0n) is 11.4. The molecule has 5 heteroatoms. The van der Waals surface area contributed by atoms with E-state index in [2.05, 4.69) is 5.32 Å². The fourth-order valence-electron chi connectivity index (χ4n) is 1.98. The lowest BCUT2D eigenvalue weighted by molar-refractivity contribution is 0.0692. The number of benzene rings is 2. The van der Waals surface area contributed by atoms with Gasteiger partial charge < -0.3 is 10.4 Å². The van der Waals surface area contributed by atoms with Crippen LogP contribution in [0, 0.1) is 5.82 Å². The first kappa shape index (κ1) is 15.5. The third-order valence-corrected chi connectivity index (χ3v) is 3.50. The second kappa shape index (κ2) is 6.70. The average Bonchev–Trinajstić information content (AvgIpc) is 2.45. The minimum atomic E-state index is -1.26. The Morgan fingerprint density at radius 1 is 1.29 bits per heavy atom. The molecule has 0 fully saturated rings. The lowest BCUT2D eigenvalue weighted by Crippen LogP contribution is -2.18. The molecule has 0 unspecified atom stereocenters. The van der Waals surface area contributed by atoms with Crippen molar-refractivity contribution in [2.75, 3.05) is 0 Å². The summed E-state index contributed by atoms with van der Waals surface area (Å²) in [5.74, 6) is -1.98. The summed E-state index contributed by atoms with van der Waals surface area (Å²) in [6, 6.07) is 11.7. The number of halogens is 2. The van der Waals surface area contributed by atoms with E-state index in [4.69, 9.17) is 16.7 Å². The lowest BCUT2D eigenvalue weighted by atomic mass is 10.1. The van der Waals surface area contributed by atoms with Crippen molar-refractivity contribution in [1.29, 1.82) is 0 Å². The Kier molecular flexibility index (Phi) is 4.94. The second-order valence-electron chi connectivity index (χ2n) is 4.77. The summed E-state index contributed by atoms with van der Waals surface area (Å²) in [6.45, 7) is 2.44. The molecule has 2 aromatic rings. The van der Waals surface area contributed by atoms with E-state index in [1.165, 1.54) is 12.1 Å². The number of aromatic carboxylic acids is 1. The van der Waals surface area contributed by atoms with Crippen molar-refractivity contribution in [3.05, 3.63) is 70.0 Å². The molecule has 0 spiro atoms. The molecular weight excluding hydrogens is 293 g/mol. The largest absolute Gasteiger partial charge is 0.478 e. The van der Waals surface area contributed by atoms with Gasteiger partial charge in [-0.2, -0.15) is 0 Å². The zero-order chi connectivity index (χ0) is 15.4. The first-order chi connectivity index (χ1) is 9.97. The standard InChI is InChI=1S/C16H15ClFNO2/c1-10(12-3-5-13(17)6-4-12)19-9-11-2-7-14(16(20)21)15(18)8-11/h2-8,10,19H,9H2,1H3,(H,20,21)/t10-/m1/s1. The molecule has 3 nitrogen and oxygen atoms in total. The number of carboxylic acids is 1. The number of carbonyl (C=O) groups is 1. The average molecular weight is 308 g/mol. The highest BCUT2D eigenvalue weighted by molar-refractivity contribution is 6.30. The molecule has 2 aromatic carbocycles. The van der Waals surface area contributed by atoms with Crippen LogP contribution in [-0.4, -0.2) is 11.1 Å². The third kappa shape index (κ3) is 4.03. The SMILES string of the molecule is C[C@@H](NCc1ccc(C(=O)O)c(F)c1)c1ccc(Cl)cc1. The van der Waals surface area contributed by atoms with Gasteiger partial charge in [0.2, 0.25) is 0 Å². The highest BCUT2D eigenvalue weighted by atomic mass is 35.5. The van der Waals surface area contributed by atoms with Crippen LogP contribution >= 0.6 is 11.6 Å². The number of rotatable bonds is 5. The molecule has 0 saturated carbocycles. The Morgan fingerprint density at radius 3 is 2.52 bits per heavy atom. The van der Waals surface area contributed by atoms with E-state index in [-0.39, 0.29) is 11.6 Å². The zero-order valence-corrected chi connectivity index (χ0v) is 12.2. The maximum Gasteiger partial charge on any atom is 0.338 e. The summed E-state index contributed by atoms with van der Waals surface area (Å²) in [5, 5.41) is 12.7. The van der Waals surface area contributed by atoms with Crippen molar-refractivity contribution in [3.8, 4) is 0 Å². The van der Waals surface area contributed by atoms with Crippen LogP contribution in [0.1, 0.15) is 34.5 Å². The summed E-state index contributed by atoms with van der Waals surface area (Å²) in [5.41, 5.74) is 1.45. The van der Waals surface area contributed by atoms with Crippen molar-refractivity contribution >= 4 is 17.6 Å². The summed E-state index contributed by atoms with van der Waals surface area (Å²) in [7, 11) is 0. The van der Waals surface area contributed by atoms with Crippen molar-refractivity contribution < 1.29 is 14.3 Å². The van der Waals surface area contributed by atoms with E-state index in [0.29, 0.717) is 17.1 Å². The Labute approximate surface area is 127 Å². The van der Waals surface area contributed by atoms with Gasteiger partial charge in [0.1, 0.15) is 5.82 Å². The number of nitrogens with one attached hydrogen (secondary N) is 1. The van der Waals surface area contributed by atoms with Crippen LogP contribution in [0.4, 0.5) is 4.39 Å². The van der Waals surface area contributed by atoms with Crippen LogP contribution in [0.15, 0.2) is 42.5 Å². The van der Waals surface area contributed by atoms with Crippen molar-refractivity contribution in [1.82, 2.24) is 5.32 Å². The van der Waals surface area contributed by atoms with Crippen LogP contribution in [0.25, 0.3) is 0 Å². The van der Waals surface area contributed by atoms with Gasteiger partial charge >= 0.3 is 5.97 Å². The predicted octanol–water partition coefficient (Wildman–Crippen LogP) is 4.03. The first-order valence-corrected chi connectivity index (χ1v) is 6.85. The number of hydrogen-bond acceptors (Lipinski definition) is 2. The summed E-state index contributed by atoms with van der Waals surface area (Å²) in [4.78, 5) is 10.7. The van der Waals surface area contributed by atoms with Crippen LogP contribution in [0.2, 0.25) is 5.02 Å². The Bertz CT molecular complexity index is 643. The second-order valence-corrected chi connectivity index (χ2v) is 5.21. The molecule has 0 aliphatic heterocycles. The minimum Gasteiger partial charge on any atom is -0.478 e. The van der Waals surface area contributed by atoms with Crippen LogP contribution in [-0.2, 0) is 6.54 Å². The van der Waals surface area contributed by atoms with Crippen LogP contribution < -0.4 is 5.32 Å². The molecule has 0 amide bonds. The van der Waals surface area contributed by atoms with E-state index < -0.39 is 11.8 Å². The monoisotopic (exact) mass is 307 g/mol. The van der Waals surface area contributed by atoms with Crippen LogP contribution in [0.5, 0.6) is 0 Å². The molecule has 0 aliphatic carbocycles. The highest BCUT2D eigenvalue weighted by Crippen LogP contribution is 2.17. The van der Waals surface area contributed by atoms with Crippen molar-refractivity contribution in [2.45, 2.75) is 19.5 Å². The van der Waals surface area contributed by atoms with E-state index >= 15 is 0 Å². The normalized spacial score (nSPS) is 12.1. The van der Waals surface area contributed by atoms with E-state index in [0.717, 1.165) is 5.56 Å². The molecular formula is C16H15ClFNO2. The molecule has 2 rings (SSSR count). The van der Waals surface area contributed by atoms with E-state index in [1.54, 1.807) is 6.07 Å².